The molecule has 26 heavy (non-hydrogen) atoms. The van der Waals surface area contributed by atoms with E-state index in [4.69, 9.17) is 16.0 Å². The first-order valence-corrected chi connectivity index (χ1v) is 8.67. The Kier molecular flexibility index (Phi) is 4.36. The van der Waals surface area contributed by atoms with Gasteiger partial charge in [0.1, 0.15) is 11.9 Å². The summed E-state index contributed by atoms with van der Waals surface area (Å²) < 4.78 is 18.9. The molecule has 1 aromatic heterocycles. The van der Waals surface area contributed by atoms with Crippen LogP contribution in [0.25, 0.3) is 0 Å². The van der Waals surface area contributed by atoms with Crippen LogP contribution in [0.1, 0.15) is 41.0 Å². The van der Waals surface area contributed by atoms with Gasteiger partial charge in [0.05, 0.1) is 0 Å². The normalized spacial score (nSPS) is 18.3. The third-order valence-corrected chi connectivity index (χ3v) is 4.92. The van der Waals surface area contributed by atoms with Crippen molar-refractivity contribution in [2.24, 2.45) is 0 Å². The van der Waals surface area contributed by atoms with Crippen LogP contribution in [0.3, 0.4) is 0 Å². The molecule has 1 N–H and O–H groups in total. The minimum absolute atomic E-state index is 0.114. The molecule has 1 saturated carbocycles. The summed E-state index contributed by atoms with van der Waals surface area (Å²) in [5, 5.41) is 13.1. The number of halogens is 2. The van der Waals surface area contributed by atoms with Gasteiger partial charge in [-0.3, -0.25) is 0 Å². The van der Waals surface area contributed by atoms with E-state index < -0.39 is 0 Å². The van der Waals surface area contributed by atoms with Crippen molar-refractivity contribution in [3.63, 3.8) is 0 Å². The number of nitriles is 1. The van der Waals surface area contributed by atoms with Crippen molar-refractivity contribution in [2.45, 2.75) is 24.8 Å². The first-order chi connectivity index (χ1) is 12.7. The second kappa shape index (κ2) is 6.81. The SMILES string of the molecule is N#Cc1nc(C2CC2c2ccc(F)cc2)oc1NCc1ccccc1Cl. The molecule has 2 aromatic carbocycles. The van der Waals surface area contributed by atoms with Crippen molar-refractivity contribution < 1.29 is 8.81 Å². The molecule has 6 heteroatoms. The Morgan fingerprint density at radius 3 is 2.69 bits per heavy atom. The molecule has 4 rings (SSSR count). The number of oxazole rings is 1. The Morgan fingerprint density at radius 1 is 1.19 bits per heavy atom. The van der Waals surface area contributed by atoms with Crippen LogP contribution in [-0.4, -0.2) is 4.98 Å². The Bertz CT molecular complexity index is 977. The van der Waals surface area contributed by atoms with Crippen molar-refractivity contribution in [1.82, 2.24) is 4.98 Å². The average Bonchev–Trinajstić information content (AvgIpc) is 3.34. The highest BCUT2D eigenvalue weighted by Crippen LogP contribution is 2.54. The van der Waals surface area contributed by atoms with Crippen LogP contribution >= 0.6 is 11.6 Å². The van der Waals surface area contributed by atoms with Gasteiger partial charge in [0, 0.05) is 17.5 Å². The molecule has 130 valence electrons. The zero-order valence-corrected chi connectivity index (χ0v) is 14.5. The van der Waals surface area contributed by atoms with Crippen LogP contribution in [0.2, 0.25) is 5.02 Å². The molecule has 3 aromatic rings. The van der Waals surface area contributed by atoms with E-state index in [1.54, 1.807) is 12.1 Å². The number of nitrogens with zero attached hydrogens (tertiary/aromatic N) is 2. The molecule has 2 unspecified atom stereocenters. The maximum atomic E-state index is 13.1. The molecular weight excluding hydrogens is 353 g/mol. The van der Waals surface area contributed by atoms with Crippen molar-refractivity contribution >= 4 is 17.5 Å². The largest absolute Gasteiger partial charge is 0.424 e. The van der Waals surface area contributed by atoms with Gasteiger partial charge in [0.25, 0.3) is 0 Å². The standard InChI is InChI=1S/C20H15ClFN3O/c21-17-4-2-1-3-13(17)11-24-20-18(10-23)25-19(26-20)16-9-15(16)12-5-7-14(22)8-6-12/h1-8,15-16,24H,9,11H2. The van der Waals surface area contributed by atoms with E-state index >= 15 is 0 Å². The quantitative estimate of drug-likeness (QED) is 0.671. The van der Waals surface area contributed by atoms with E-state index in [1.807, 2.05) is 24.3 Å². The molecular formula is C20H15ClFN3O. The Balaban J connectivity index is 1.49. The maximum Gasteiger partial charge on any atom is 0.232 e. The molecule has 2 atom stereocenters. The minimum atomic E-state index is -0.250. The summed E-state index contributed by atoms with van der Waals surface area (Å²) in [4.78, 5) is 4.32. The van der Waals surface area contributed by atoms with Gasteiger partial charge in [-0.1, -0.05) is 41.9 Å². The number of aromatic nitrogens is 1. The zero-order chi connectivity index (χ0) is 18.1. The first-order valence-electron chi connectivity index (χ1n) is 8.29. The van der Waals surface area contributed by atoms with Gasteiger partial charge in [-0.25, -0.2) is 9.37 Å². The molecule has 0 amide bonds. The van der Waals surface area contributed by atoms with E-state index in [-0.39, 0.29) is 23.3 Å². The van der Waals surface area contributed by atoms with Crippen LogP contribution in [0.5, 0.6) is 0 Å². The number of rotatable bonds is 5. The van der Waals surface area contributed by atoms with Crippen molar-refractivity contribution in [1.29, 1.82) is 5.26 Å². The number of nitrogens with one attached hydrogen (secondary N) is 1. The highest BCUT2D eigenvalue weighted by Gasteiger charge is 2.43. The van der Waals surface area contributed by atoms with E-state index in [0.717, 1.165) is 17.5 Å². The summed E-state index contributed by atoms with van der Waals surface area (Å²) >= 11 is 6.15. The highest BCUT2D eigenvalue weighted by atomic mass is 35.5. The van der Waals surface area contributed by atoms with Gasteiger partial charge in [0.2, 0.25) is 17.5 Å². The van der Waals surface area contributed by atoms with Gasteiger partial charge in [-0.2, -0.15) is 5.26 Å². The summed E-state index contributed by atoms with van der Waals surface area (Å²) in [7, 11) is 0. The summed E-state index contributed by atoms with van der Waals surface area (Å²) in [6.07, 6.45) is 0.876. The van der Waals surface area contributed by atoms with E-state index in [9.17, 15) is 9.65 Å². The lowest BCUT2D eigenvalue weighted by Crippen LogP contribution is -2.00. The summed E-state index contributed by atoms with van der Waals surface area (Å²) in [5.74, 6) is 1.00. The molecule has 0 aliphatic heterocycles. The van der Waals surface area contributed by atoms with Crippen LogP contribution in [0, 0.1) is 17.1 Å². The monoisotopic (exact) mass is 367 g/mol. The molecule has 0 radical (unpaired) electrons. The predicted molar refractivity (Wildman–Crippen MR) is 96.5 cm³/mol. The van der Waals surface area contributed by atoms with Crippen molar-refractivity contribution in [2.75, 3.05) is 5.32 Å². The third kappa shape index (κ3) is 3.29. The fourth-order valence-electron chi connectivity index (χ4n) is 3.05. The number of benzene rings is 2. The van der Waals surface area contributed by atoms with Crippen molar-refractivity contribution in [3.8, 4) is 6.07 Å². The minimum Gasteiger partial charge on any atom is -0.424 e. The van der Waals surface area contributed by atoms with Crippen molar-refractivity contribution in [3.05, 3.63) is 82.1 Å². The summed E-state index contributed by atoms with van der Waals surface area (Å²) in [5.41, 5.74) is 2.20. The van der Waals surface area contributed by atoms with Gasteiger partial charge in [-0.05, 0) is 41.7 Å². The Morgan fingerprint density at radius 2 is 1.96 bits per heavy atom. The lowest BCUT2D eigenvalue weighted by molar-refractivity contribution is 0.505. The van der Waals surface area contributed by atoms with Crippen LogP contribution in [0.4, 0.5) is 10.3 Å². The topological polar surface area (TPSA) is 61.9 Å². The van der Waals surface area contributed by atoms with Gasteiger partial charge in [-0.15, -0.1) is 0 Å². The molecule has 1 heterocycles. The van der Waals surface area contributed by atoms with E-state index in [1.165, 1.54) is 12.1 Å². The molecule has 1 aliphatic carbocycles. The fraction of sp³-hybridized carbons (Fsp3) is 0.200. The molecule has 0 spiro atoms. The smallest absolute Gasteiger partial charge is 0.232 e. The molecule has 1 fully saturated rings. The Hall–Kier alpha value is -2.84. The average molecular weight is 368 g/mol. The van der Waals surface area contributed by atoms with Crippen LogP contribution in [-0.2, 0) is 6.54 Å². The summed E-state index contributed by atoms with van der Waals surface area (Å²) in [6, 6.07) is 16.0. The van der Waals surface area contributed by atoms with E-state index in [2.05, 4.69) is 16.4 Å². The molecule has 0 saturated heterocycles. The second-order valence-corrected chi connectivity index (χ2v) is 6.69. The molecule has 4 nitrogen and oxygen atoms in total. The first kappa shape index (κ1) is 16.6. The van der Waals surface area contributed by atoms with Gasteiger partial charge < -0.3 is 9.73 Å². The second-order valence-electron chi connectivity index (χ2n) is 6.29. The molecule has 1 aliphatic rings. The lowest BCUT2D eigenvalue weighted by atomic mass is 10.1. The third-order valence-electron chi connectivity index (χ3n) is 4.55. The number of hydrogen-bond acceptors (Lipinski definition) is 4. The fourth-order valence-corrected chi connectivity index (χ4v) is 3.26. The molecule has 0 bridgehead atoms. The van der Waals surface area contributed by atoms with Gasteiger partial charge in [0.15, 0.2) is 0 Å². The zero-order valence-electron chi connectivity index (χ0n) is 13.7. The van der Waals surface area contributed by atoms with Gasteiger partial charge >= 0.3 is 0 Å². The highest BCUT2D eigenvalue weighted by molar-refractivity contribution is 6.31. The maximum absolute atomic E-state index is 13.1. The van der Waals surface area contributed by atoms with Crippen LogP contribution < -0.4 is 5.32 Å². The van der Waals surface area contributed by atoms with Crippen LogP contribution in [0.15, 0.2) is 52.9 Å². The lowest BCUT2D eigenvalue weighted by Gasteiger charge is -2.05. The number of anilines is 1. The van der Waals surface area contributed by atoms with E-state index in [0.29, 0.717) is 23.3 Å². The Labute approximate surface area is 155 Å². The summed E-state index contributed by atoms with van der Waals surface area (Å²) in [6.45, 7) is 0.440. The number of hydrogen-bond donors (Lipinski definition) is 1. The predicted octanol–water partition coefficient (Wildman–Crippen LogP) is 5.22.